The number of hydrogen-bond acceptors (Lipinski definition) is 4. The number of ether oxygens (including phenoxy) is 1. The second-order valence-electron chi connectivity index (χ2n) is 7.40. The predicted molar refractivity (Wildman–Crippen MR) is 107 cm³/mol. The third kappa shape index (κ3) is 7.55. The second-order valence-corrected chi connectivity index (χ2v) is 7.40. The molecule has 0 spiro atoms. The van der Waals surface area contributed by atoms with Crippen molar-refractivity contribution in [1.82, 2.24) is 10.6 Å². The molecule has 6 nitrogen and oxygen atoms in total. The van der Waals surface area contributed by atoms with Crippen LogP contribution in [0, 0.1) is 17.6 Å². The maximum Gasteiger partial charge on any atom is 0.452 e. The van der Waals surface area contributed by atoms with Gasteiger partial charge in [0.1, 0.15) is 23.4 Å². The van der Waals surface area contributed by atoms with Crippen molar-refractivity contribution in [3.8, 4) is 5.75 Å². The first-order valence-electron chi connectivity index (χ1n) is 9.73. The molecule has 2 rings (SSSR count). The second kappa shape index (κ2) is 10.9. The molecule has 0 bridgehead atoms. The highest BCUT2D eigenvalue weighted by molar-refractivity contribution is 5.95. The molecule has 0 unspecified atom stereocenters. The fourth-order valence-corrected chi connectivity index (χ4v) is 2.86. The number of nitrogens with one attached hydrogen (secondary N) is 2. The quantitative estimate of drug-likeness (QED) is 0.548. The molecular weight excluding hydrogens is 451 g/mol. The number of alkyl halides is 3. The molecule has 0 radical (unpaired) electrons. The van der Waals surface area contributed by atoms with Crippen LogP contribution in [0.5, 0.6) is 5.75 Å². The van der Waals surface area contributed by atoms with Gasteiger partial charge in [0.2, 0.25) is 5.91 Å². The fourth-order valence-electron chi connectivity index (χ4n) is 2.86. The standard InChI is InChI=1S/C22H21F5N2O4/c1-12(2)18(20(31)22(25,26)27)29-21(32)19(13-6-4-3-5-7-13)28-17(30)11-33-16-9-14(23)8-15(24)10-16/h3-10,12,18-19H,11H2,1-2H3,(H,28,30)(H,29,32)/t18-,19-/m0/s1. The minimum Gasteiger partial charge on any atom is -0.484 e. The van der Waals surface area contributed by atoms with Gasteiger partial charge >= 0.3 is 6.18 Å². The summed E-state index contributed by atoms with van der Waals surface area (Å²) >= 11 is 0. The minimum atomic E-state index is -5.16. The Balaban J connectivity index is 2.18. The number of benzene rings is 2. The van der Waals surface area contributed by atoms with Gasteiger partial charge in [-0.3, -0.25) is 14.4 Å². The van der Waals surface area contributed by atoms with E-state index in [-0.39, 0.29) is 11.3 Å². The number of Topliss-reactive ketones (excluding diaryl/α,β-unsaturated/α-hetero) is 1. The highest BCUT2D eigenvalue weighted by atomic mass is 19.4. The van der Waals surface area contributed by atoms with Gasteiger partial charge in [-0.2, -0.15) is 13.2 Å². The van der Waals surface area contributed by atoms with Crippen molar-refractivity contribution in [3.05, 3.63) is 65.7 Å². The van der Waals surface area contributed by atoms with E-state index in [4.69, 9.17) is 4.74 Å². The Morgan fingerprint density at radius 1 is 0.939 bits per heavy atom. The molecule has 2 atom stereocenters. The Morgan fingerprint density at radius 2 is 1.52 bits per heavy atom. The van der Waals surface area contributed by atoms with E-state index >= 15 is 0 Å². The summed E-state index contributed by atoms with van der Waals surface area (Å²) in [6.07, 6.45) is -5.16. The summed E-state index contributed by atoms with van der Waals surface area (Å²) in [4.78, 5) is 36.9. The number of amides is 2. The highest BCUT2D eigenvalue weighted by Gasteiger charge is 2.45. The van der Waals surface area contributed by atoms with E-state index in [1.807, 2.05) is 0 Å². The number of carbonyl (C=O) groups is 3. The van der Waals surface area contributed by atoms with Crippen molar-refractivity contribution in [2.24, 2.45) is 5.92 Å². The van der Waals surface area contributed by atoms with Crippen LogP contribution >= 0.6 is 0 Å². The van der Waals surface area contributed by atoms with E-state index in [1.54, 1.807) is 6.07 Å². The Hall–Kier alpha value is -3.50. The summed E-state index contributed by atoms with van der Waals surface area (Å²) in [7, 11) is 0. The van der Waals surface area contributed by atoms with Crippen LogP contribution in [0.25, 0.3) is 0 Å². The fraction of sp³-hybridized carbons (Fsp3) is 0.318. The van der Waals surface area contributed by atoms with Crippen LogP contribution in [0.15, 0.2) is 48.5 Å². The van der Waals surface area contributed by atoms with Gasteiger partial charge in [0.15, 0.2) is 6.61 Å². The van der Waals surface area contributed by atoms with Crippen LogP contribution in [0.2, 0.25) is 0 Å². The van der Waals surface area contributed by atoms with Crippen LogP contribution in [-0.2, 0) is 14.4 Å². The van der Waals surface area contributed by atoms with Crippen molar-refractivity contribution in [1.29, 1.82) is 0 Å². The van der Waals surface area contributed by atoms with E-state index in [0.717, 1.165) is 12.1 Å². The number of halogens is 5. The molecule has 0 aliphatic heterocycles. The maximum absolute atomic E-state index is 13.2. The zero-order valence-corrected chi connectivity index (χ0v) is 17.6. The van der Waals surface area contributed by atoms with Crippen molar-refractivity contribution in [2.75, 3.05) is 6.61 Å². The molecule has 2 amide bonds. The van der Waals surface area contributed by atoms with E-state index in [0.29, 0.717) is 6.07 Å². The Bertz CT molecular complexity index is 976. The lowest BCUT2D eigenvalue weighted by atomic mass is 9.98. The summed E-state index contributed by atoms with van der Waals surface area (Å²) in [6, 6.07) is 6.54. The summed E-state index contributed by atoms with van der Waals surface area (Å²) in [6.45, 7) is 1.92. The van der Waals surface area contributed by atoms with Gasteiger partial charge in [-0.05, 0) is 11.5 Å². The summed E-state index contributed by atoms with van der Waals surface area (Å²) in [5.74, 6) is -7.10. The molecule has 2 aromatic rings. The maximum atomic E-state index is 13.2. The first-order valence-corrected chi connectivity index (χ1v) is 9.73. The lowest BCUT2D eigenvalue weighted by Gasteiger charge is -2.26. The monoisotopic (exact) mass is 472 g/mol. The molecule has 0 saturated carbocycles. The van der Waals surface area contributed by atoms with Crippen molar-refractivity contribution in [2.45, 2.75) is 32.1 Å². The third-order valence-electron chi connectivity index (χ3n) is 4.43. The molecule has 2 N–H and O–H groups in total. The smallest absolute Gasteiger partial charge is 0.452 e. The Kier molecular flexibility index (Phi) is 8.50. The zero-order chi connectivity index (χ0) is 24.8. The van der Waals surface area contributed by atoms with Crippen LogP contribution in [-0.4, -0.2) is 36.4 Å². The van der Waals surface area contributed by atoms with E-state index in [1.165, 1.54) is 38.1 Å². The largest absolute Gasteiger partial charge is 0.484 e. The van der Waals surface area contributed by atoms with Crippen LogP contribution in [0.1, 0.15) is 25.5 Å². The third-order valence-corrected chi connectivity index (χ3v) is 4.43. The number of hydrogen-bond donors (Lipinski definition) is 2. The molecule has 178 valence electrons. The van der Waals surface area contributed by atoms with Gasteiger partial charge in [-0.25, -0.2) is 8.78 Å². The number of ketones is 1. The van der Waals surface area contributed by atoms with Gasteiger partial charge in [0.25, 0.3) is 11.7 Å². The summed E-state index contributed by atoms with van der Waals surface area (Å²) in [5.41, 5.74) is 0.224. The summed E-state index contributed by atoms with van der Waals surface area (Å²) in [5, 5.41) is 4.35. The van der Waals surface area contributed by atoms with Gasteiger partial charge in [-0.15, -0.1) is 0 Å². The molecule has 33 heavy (non-hydrogen) atoms. The number of rotatable bonds is 9. The van der Waals surface area contributed by atoms with Crippen molar-refractivity contribution < 1.29 is 41.1 Å². The minimum absolute atomic E-state index is 0.224. The van der Waals surface area contributed by atoms with Gasteiger partial charge in [0.05, 0.1) is 6.04 Å². The first kappa shape index (κ1) is 25.8. The van der Waals surface area contributed by atoms with Crippen LogP contribution in [0.3, 0.4) is 0 Å². The molecular formula is C22H21F5N2O4. The zero-order valence-electron chi connectivity index (χ0n) is 17.6. The molecule has 0 aromatic heterocycles. The van der Waals surface area contributed by atoms with Crippen molar-refractivity contribution in [3.63, 3.8) is 0 Å². The SMILES string of the molecule is CC(C)[C@H](NC(=O)[C@@H](NC(=O)COc1cc(F)cc(F)c1)c1ccccc1)C(=O)C(F)(F)F. The first-order chi connectivity index (χ1) is 15.4. The van der Waals surface area contributed by atoms with Gasteiger partial charge in [0, 0.05) is 18.2 Å². The lowest BCUT2D eigenvalue weighted by Crippen LogP contribution is -2.53. The lowest BCUT2D eigenvalue weighted by molar-refractivity contribution is -0.175. The van der Waals surface area contributed by atoms with E-state index < -0.39 is 60.0 Å². The van der Waals surface area contributed by atoms with E-state index in [9.17, 15) is 36.3 Å². The molecule has 0 aliphatic rings. The average molecular weight is 472 g/mol. The van der Waals surface area contributed by atoms with E-state index in [2.05, 4.69) is 10.6 Å². The number of carbonyl (C=O) groups excluding carboxylic acids is 3. The normalized spacial score (nSPS) is 13.2. The topological polar surface area (TPSA) is 84.5 Å². The highest BCUT2D eigenvalue weighted by Crippen LogP contribution is 2.22. The Labute approximate surface area is 186 Å². The molecule has 0 saturated heterocycles. The molecule has 11 heteroatoms. The van der Waals surface area contributed by atoms with Gasteiger partial charge < -0.3 is 15.4 Å². The summed E-state index contributed by atoms with van der Waals surface area (Å²) < 4.78 is 70.3. The van der Waals surface area contributed by atoms with Crippen LogP contribution in [0.4, 0.5) is 22.0 Å². The average Bonchev–Trinajstić information content (AvgIpc) is 2.72. The Morgan fingerprint density at radius 3 is 2.03 bits per heavy atom. The van der Waals surface area contributed by atoms with Crippen molar-refractivity contribution >= 4 is 17.6 Å². The predicted octanol–water partition coefficient (Wildman–Crippen LogP) is 3.47. The molecule has 0 fully saturated rings. The molecule has 0 aliphatic carbocycles. The van der Waals surface area contributed by atoms with Gasteiger partial charge in [-0.1, -0.05) is 44.2 Å². The van der Waals surface area contributed by atoms with Crippen LogP contribution < -0.4 is 15.4 Å². The molecule has 0 heterocycles. The molecule has 2 aromatic carbocycles.